The normalized spacial score (nSPS) is 18.7. The van der Waals surface area contributed by atoms with Crippen LogP contribution in [0, 0.1) is 0 Å². The highest BCUT2D eigenvalue weighted by molar-refractivity contribution is 7.09. The summed E-state index contributed by atoms with van der Waals surface area (Å²) >= 11 is 1.74. The molecule has 2 rings (SSSR count). The smallest absolute Gasteiger partial charge is 0.242 e. The predicted molar refractivity (Wildman–Crippen MR) is 80.1 cm³/mol. The molecule has 1 N–H and O–H groups in total. The molecule has 0 radical (unpaired) electrons. The van der Waals surface area contributed by atoms with Crippen molar-refractivity contribution >= 4 is 29.7 Å². The van der Waals surface area contributed by atoms with Crippen LogP contribution in [-0.2, 0) is 16.0 Å². The number of nitrogens with zero attached hydrogens (tertiary/aromatic N) is 1. The van der Waals surface area contributed by atoms with Crippen molar-refractivity contribution in [3.05, 3.63) is 22.4 Å². The average molecular weight is 305 g/mol. The summed E-state index contributed by atoms with van der Waals surface area (Å²) in [7, 11) is 0. The fraction of sp³-hybridized carbons (Fsp3) is 0.615. The first kappa shape index (κ1) is 16.4. The number of morpholine rings is 1. The van der Waals surface area contributed by atoms with E-state index in [9.17, 15) is 4.79 Å². The second-order valence-corrected chi connectivity index (χ2v) is 5.36. The van der Waals surface area contributed by atoms with Gasteiger partial charge in [0, 0.05) is 24.5 Å². The second kappa shape index (κ2) is 8.53. The van der Waals surface area contributed by atoms with Crippen molar-refractivity contribution < 1.29 is 9.53 Å². The molecule has 2 heterocycles. The van der Waals surface area contributed by atoms with Gasteiger partial charge in [0.05, 0.1) is 13.2 Å². The molecule has 1 saturated heterocycles. The van der Waals surface area contributed by atoms with Gasteiger partial charge in [-0.15, -0.1) is 23.7 Å². The standard InChI is InChI=1S/C13H20N2O2S.ClH/c1-2-15(7-5-11-4-3-9-18-11)13(16)12-10-17-8-6-14-12;/h3-4,9,12,14H,2,5-8,10H2,1H3;1H. The SMILES string of the molecule is CCN(CCc1cccs1)C(=O)C1COCCN1.Cl. The highest BCUT2D eigenvalue weighted by atomic mass is 35.5. The minimum Gasteiger partial charge on any atom is -0.378 e. The summed E-state index contributed by atoms with van der Waals surface area (Å²) in [5, 5.41) is 5.29. The summed E-state index contributed by atoms with van der Waals surface area (Å²) in [6.07, 6.45) is 0.935. The highest BCUT2D eigenvalue weighted by Crippen LogP contribution is 2.10. The molecular weight excluding hydrogens is 284 g/mol. The van der Waals surface area contributed by atoms with Crippen LogP contribution in [0.25, 0.3) is 0 Å². The number of carbonyl (C=O) groups excluding carboxylic acids is 1. The molecule has 1 fully saturated rings. The molecule has 1 atom stereocenters. The molecule has 1 aromatic rings. The van der Waals surface area contributed by atoms with Crippen LogP contribution >= 0.6 is 23.7 Å². The van der Waals surface area contributed by atoms with Gasteiger partial charge in [-0.1, -0.05) is 6.07 Å². The minimum absolute atomic E-state index is 0. The summed E-state index contributed by atoms with van der Waals surface area (Å²) in [6.45, 7) is 5.52. The zero-order valence-corrected chi connectivity index (χ0v) is 12.8. The number of ether oxygens (including phenoxy) is 1. The van der Waals surface area contributed by atoms with E-state index in [1.165, 1.54) is 4.88 Å². The third-order valence-corrected chi connectivity index (χ3v) is 4.06. The molecule has 0 aliphatic carbocycles. The van der Waals surface area contributed by atoms with Crippen LogP contribution in [0.15, 0.2) is 17.5 Å². The van der Waals surface area contributed by atoms with Crippen LogP contribution in [-0.4, -0.2) is 49.7 Å². The Balaban J connectivity index is 0.00000180. The lowest BCUT2D eigenvalue weighted by Gasteiger charge is -2.29. The molecule has 1 aromatic heterocycles. The molecule has 4 nitrogen and oxygen atoms in total. The van der Waals surface area contributed by atoms with E-state index in [0.717, 1.165) is 26.1 Å². The maximum absolute atomic E-state index is 12.3. The quantitative estimate of drug-likeness (QED) is 0.897. The first-order valence-electron chi connectivity index (χ1n) is 6.43. The van der Waals surface area contributed by atoms with Crippen molar-refractivity contribution in [1.29, 1.82) is 0 Å². The van der Waals surface area contributed by atoms with Crippen molar-refractivity contribution in [2.24, 2.45) is 0 Å². The summed E-state index contributed by atoms with van der Waals surface area (Å²) in [5.41, 5.74) is 0. The Morgan fingerprint density at radius 2 is 2.47 bits per heavy atom. The number of nitrogens with one attached hydrogen (secondary N) is 1. The van der Waals surface area contributed by atoms with Gasteiger partial charge in [0.1, 0.15) is 6.04 Å². The predicted octanol–water partition coefficient (Wildman–Crippen LogP) is 1.55. The van der Waals surface area contributed by atoms with Crippen LogP contribution < -0.4 is 5.32 Å². The molecule has 0 saturated carbocycles. The Labute approximate surface area is 124 Å². The average Bonchev–Trinajstić information content (AvgIpc) is 2.93. The molecule has 1 aliphatic rings. The van der Waals surface area contributed by atoms with Crippen LogP contribution in [0.3, 0.4) is 0 Å². The topological polar surface area (TPSA) is 41.6 Å². The Morgan fingerprint density at radius 1 is 1.63 bits per heavy atom. The van der Waals surface area contributed by atoms with E-state index in [1.807, 2.05) is 11.8 Å². The third-order valence-electron chi connectivity index (χ3n) is 3.12. The molecule has 19 heavy (non-hydrogen) atoms. The van der Waals surface area contributed by atoms with Gasteiger partial charge < -0.3 is 15.0 Å². The Kier molecular flexibility index (Phi) is 7.38. The highest BCUT2D eigenvalue weighted by Gasteiger charge is 2.25. The van der Waals surface area contributed by atoms with Crippen molar-refractivity contribution in [2.75, 3.05) is 32.8 Å². The maximum atomic E-state index is 12.3. The van der Waals surface area contributed by atoms with E-state index in [4.69, 9.17) is 4.74 Å². The molecule has 108 valence electrons. The Bertz CT molecular complexity index is 367. The van der Waals surface area contributed by atoms with Crippen LogP contribution in [0.4, 0.5) is 0 Å². The van der Waals surface area contributed by atoms with E-state index in [1.54, 1.807) is 11.3 Å². The number of halogens is 1. The molecule has 0 bridgehead atoms. The fourth-order valence-corrected chi connectivity index (χ4v) is 2.77. The van der Waals surface area contributed by atoms with Gasteiger partial charge in [-0.05, 0) is 24.8 Å². The number of thiophene rings is 1. The number of amides is 1. The second-order valence-electron chi connectivity index (χ2n) is 4.33. The molecular formula is C13H21ClN2O2S. The molecule has 6 heteroatoms. The summed E-state index contributed by atoms with van der Waals surface area (Å²) in [6, 6.07) is 4.00. The van der Waals surface area contributed by atoms with Crippen molar-refractivity contribution in [3.8, 4) is 0 Å². The first-order valence-corrected chi connectivity index (χ1v) is 7.31. The van der Waals surface area contributed by atoms with Gasteiger partial charge in [0.25, 0.3) is 0 Å². The van der Waals surface area contributed by atoms with Crippen molar-refractivity contribution in [3.63, 3.8) is 0 Å². The van der Waals surface area contributed by atoms with E-state index in [2.05, 4.69) is 22.8 Å². The summed E-state index contributed by atoms with van der Waals surface area (Å²) < 4.78 is 5.34. The molecule has 1 amide bonds. The van der Waals surface area contributed by atoms with E-state index >= 15 is 0 Å². The number of rotatable bonds is 5. The number of hydrogen-bond acceptors (Lipinski definition) is 4. The fourth-order valence-electron chi connectivity index (χ4n) is 2.07. The van der Waals surface area contributed by atoms with E-state index < -0.39 is 0 Å². The van der Waals surface area contributed by atoms with Crippen molar-refractivity contribution in [1.82, 2.24) is 10.2 Å². The van der Waals surface area contributed by atoms with E-state index in [0.29, 0.717) is 13.2 Å². The maximum Gasteiger partial charge on any atom is 0.242 e. The van der Waals surface area contributed by atoms with Gasteiger partial charge in [-0.25, -0.2) is 0 Å². The lowest BCUT2D eigenvalue weighted by Crippen LogP contribution is -2.52. The molecule has 1 aliphatic heterocycles. The monoisotopic (exact) mass is 304 g/mol. The number of likely N-dealkylation sites (N-methyl/N-ethyl adjacent to an activating group) is 1. The molecule has 0 spiro atoms. The molecule has 0 aromatic carbocycles. The number of carbonyl (C=O) groups is 1. The van der Waals surface area contributed by atoms with Gasteiger partial charge in [0.15, 0.2) is 0 Å². The van der Waals surface area contributed by atoms with Crippen LogP contribution in [0.2, 0.25) is 0 Å². The number of hydrogen-bond donors (Lipinski definition) is 1. The largest absolute Gasteiger partial charge is 0.378 e. The van der Waals surface area contributed by atoms with Crippen molar-refractivity contribution in [2.45, 2.75) is 19.4 Å². The van der Waals surface area contributed by atoms with Gasteiger partial charge in [-0.2, -0.15) is 0 Å². The molecule has 1 unspecified atom stereocenters. The lowest BCUT2D eigenvalue weighted by atomic mass is 10.2. The van der Waals surface area contributed by atoms with Gasteiger partial charge >= 0.3 is 0 Å². The Hall–Kier alpha value is -0.620. The van der Waals surface area contributed by atoms with E-state index in [-0.39, 0.29) is 24.4 Å². The van der Waals surface area contributed by atoms with Gasteiger partial charge in [-0.3, -0.25) is 4.79 Å². The van der Waals surface area contributed by atoms with Gasteiger partial charge in [0.2, 0.25) is 5.91 Å². The zero-order chi connectivity index (χ0) is 12.8. The summed E-state index contributed by atoms with van der Waals surface area (Å²) in [5.74, 6) is 0.161. The Morgan fingerprint density at radius 3 is 3.05 bits per heavy atom. The minimum atomic E-state index is -0.165. The first-order chi connectivity index (χ1) is 8.81. The summed E-state index contributed by atoms with van der Waals surface area (Å²) in [4.78, 5) is 15.5. The van der Waals surface area contributed by atoms with Crippen LogP contribution in [0.1, 0.15) is 11.8 Å². The lowest BCUT2D eigenvalue weighted by molar-refractivity contribution is -0.136. The third kappa shape index (κ3) is 4.76. The zero-order valence-electron chi connectivity index (χ0n) is 11.1. The van der Waals surface area contributed by atoms with Crippen LogP contribution in [0.5, 0.6) is 0 Å².